The van der Waals surface area contributed by atoms with E-state index in [1.165, 1.54) is 0 Å². The minimum Gasteiger partial charge on any atom is -0.479 e. The summed E-state index contributed by atoms with van der Waals surface area (Å²) in [6, 6.07) is 5.55. The van der Waals surface area contributed by atoms with Crippen molar-refractivity contribution in [3.63, 3.8) is 0 Å². The normalized spacial score (nSPS) is 20.4. The third kappa shape index (κ3) is 2.47. The standard InChI is InChI=1S/C12H14ClNO2/c1-8-4-5-10(9(13)7-8)16-11-3-2-6-14-12(11)15/h4-5,7,11H,2-3,6H2,1H3,(H,14,15). The van der Waals surface area contributed by atoms with E-state index in [1.807, 2.05) is 19.1 Å². The van der Waals surface area contributed by atoms with Gasteiger partial charge in [0.15, 0.2) is 6.10 Å². The highest BCUT2D eigenvalue weighted by Gasteiger charge is 2.24. The summed E-state index contributed by atoms with van der Waals surface area (Å²) in [6.07, 6.45) is 1.28. The Labute approximate surface area is 99.7 Å². The van der Waals surface area contributed by atoms with Crippen molar-refractivity contribution < 1.29 is 9.53 Å². The third-order valence-corrected chi connectivity index (χ3v) is 2.89. The number of rotatable bonds is 2. The largest absolute Gasteiger partial charge is 0.479 e. The Bertz CT molecular complexity index is 406. The number of aryl methyl sites for hydroxylation is 1. The SMILES string of the molecule is Cc1ccc(OC2CCCNC2=O)c(Cl)c1. The number of benzene rings is 1. The van der Waals surface area contributed by atoms with Crippen molar-refractivity contribution >= 4 is 17.5 Å². The fraction of sp³-hybridized carbons (Fsp3) is 0.417. The van der Waals surface area contributed by atoms with Crippen LogP contribution in [0.2, 0.25) is 5.02 Å². The van der Waals surface area contributed by atoms with E-state index in [0.29, 0.717) is 10.8 Å². The first kappa shape index (κ1) is 11.3. The molecule has 1 atom stereocenters. The zero-order chi connectivity index (χ0) is 11.5. The monoisotopic (exact) mass is 239 g/mol. The quantitative estimate of drug-likeness (QED) is 0.860. The Hall–Kier alpha value is -1.22. The first-order valence-electron chi connectivity index (χ1n) is 5.37. The van der Waals surface area contributed by atoms with Crippen molar-refractivity contribution in [1.82, 2.24) is 5.32 Å². The van der Waals surface area contributed by atoms with Crippen LogP contribution in [0.3, 0.4) is 0 Å². The number of piperidine rings is 1. The number of halogens is 1. The van der Waals surface area contributed by atoms with Gasteiger partial charge >= 0.3 is 0 Å². The van der Waals surface area contributed by atoms with E-state index < -0.39 is 6.10 Å². The van der Waals surface area contributed by atoms with E-state index >= 15 is 0 Å². The van der Waals surface area contributed by atoms with Gasteiger partial charge in [0.05, 0.1) is 5.02 Å². The number of hydrogen-bond donors (Lipinski definition) is 1. The molecule has 1 saturated heterocycles. The van der Waals surface area contributed by atoms with Crippen LogP contribution in [0.15, 0.2) is 18.2 Å². The van der Waals surface area contributed by atoms with Crippen LogP contribution in [0, 0.1) is 6.92 Å². The van der Waals surface area contributed by atoms with Gasteiger partial charge in [-0.05, 0) is 37.5 Å². The first-order chi connectivity index (χ1) is 7.66. The lowest BCUT2D eigenvalue weighted by Crippen LogP contribution is -2.43. The summed E-state index contributed by atoms with van der Waals surface area (Å²) in [7, 11) is 0. The molecule has 0 spiro atoms. The molecule has 3 nitrogen and oxygen atoms in total. The fourth-order valence-corrected chi connectivity index (χ4v) is 1.99. The van der Waals surface area contributed by atoms with Crippen LogP contribution < -0.4 is 10.1 Å². The van der Waals surface area contributed by atoms with Gasteiger partial charge < -0.3 is 10.1 Å². The Morgan fingerprint density at radius 1 is 1.50 bits per heavy atom. The summed E-state index contributed by atoms with van der Waals surface area (Å²) >= 11 is 6.04. The van der Waals surface area contributed by atoms with Gasteiger partial charge in [0.2, 0.25) is 0 Å². The van der Waals surface area contributed by atoms with Crippen LogP contribution in [0.4, 0.5) is 0 Å². The van der Waals surface area contributed by atoms with Crippen LogP contribution in [0.1, 0.15) is 18.4 Å². The van der Waals surface area contributed by atoms with Gasteiger partial charge in [-0.3, -0.25) is 4.79 Å². The molecule has 0 bridgehead atoms. The zero-order valence-corrected chi connectivity index (χ0v) is 9.88. The predicted molar refractivity (Wildman–Crippen MR) is 62.8 cm³/mol. The molecule has 1 N–H and O–H groups in total. The number of amides is 1. The van der Waals surface area contributed by atoms with E-state index in [-0.39, 0.29) is 5.91 Å². The molecule has 0 aromatic heterocycles. The summed E-state index contributed by atoms with van der Waals surface area (Å²) in [5.41, 5.74) is 1.07. The Morgan fingerprint density at radius 2 is 2.31 bits per heavy atom. The van der Waals surface area contributed by atoms with Crippen molar-refractivity contribution in [2.75, 3.05) is 6.54 Å². The molecule has 86 valence electrons. The molecular formula is C12H14ClNO2. The maximum Gasteiger partial charge on any atom is 0.261 e. The first-order valence-corrected chi connectivity index (χ1v) is 5.75. The summed E-state index contributed by atoms with van der Waals surface area (Å²) < 4.78 is 5.61. The highest BCUT2D eigenvalue weighted by molar-refractivity contribution is 6.32. The minimum absolute atomic E-state index is 0.0529. The average molecular weight is 240 g/mol. The summed E-state index contributed by atoms with van der Waals surface area (Å²) in [5.74, 6) is 0.525. The second-order valence-electron chi connectivity index (χ2n) is 3.97. The van der Waals surface area contributed by atoms with Gasteiger partial charge in [0.25, 0.3) is 5.91 Å². The molecule has 1 unspecified atom stereocenters. The van der Waals surface area contributed by atoms with Gasteiger partial charge in [-0.25, -0.2) is 0 Å². The molecule has 1 aromatic rings. The number of hydrogen-bond acceptors (Lipinski definition) is 2. The van der Waals surface area contributed by atoms with Gasteiger partial charge in [-0.2, -0.15) is 0 Å². The lowest BCUT2D eigenvalue weighted by atomic mass is 10.1. The molecule has 4 heteroatoms. The molecule has 1 aliphatic heterocycles. The maximum atomic E-state index is 11.5. The number of carbonyl (C=O) groups is 1. The van der Waals surface area contributed by atoms with Crippen LogP contribution in [-0.2, 0) is 4.79 Å². The predicted octanol–water partition coefficient (Wildman–Crippen LogP) is 2.31. The topological polar surface area (TPSA) is 38.3 Å². The Kier molecular flexibility index (Phi) is 3.34. The summed E-state index contributed by atoms with van der Waals surface area (Å²) in [4.78, 5) is 11.5. The molecule has 0 aliphatic carbocycles. The highest BCUT2D eigenvalue weighted by atomic mass is 35.5. The molecule has 0 radical (unpaired) electrons. The van der Waals surface area contributed by atoms with Gasteiger partial charge in [-0.1, -0.05) is 17.7 Å². The van der Waals surface area contributed by atoms with Gasteiger partial charge in [0.1, 0.15) is 5.75 Å². The average Bonchev–Trinajstić information content (AvgIpc) is 2.25. The van der Waals surface area contributed by atoms with E-state index in [9.17, 15) is 4.79 Å². The number of nitrogens with one attached hydrogen (secondary N) is 1. The van der Waals surface area contributed by atoms with Crippen LogP contribution in [0.25, 0.3) is 0 Å². The van der Waals surface area contributed by atoms with Crippen molar-refractivity contribution in [3.8, 4) is 5.75 Å². The van der Waals surface area contributed by atoms with Crippen molar-refractivity contribution in [1.29, 1.82) is 0 Å². The molecule has 1 amide bonds. The van der Waals surface area contributed by atoms with Crippen molar-refractivity contribution in [2.24, 2.45) is 0 Å². The maximum absolute atomic E-state index is 11.5. The molecule has 1 heterocycles. The molecule has 1 aliphatic rings. The molecular weight excluding hydrogens is 226 g/mol. The van der Waals surface area contributed by atoms with Gasteiger partial charge in [0, 0.05) is 6.54 Å². The second-order valence-corrected chi connectivity index (χ2v) is 4.38. The van der Waals surface area contributed by atoms with Crippen LogP contribution in [0.5, 0.6) is 5.75 Å². The molecule has 1 aromatic carbocycles. The summed E-state index contributed by atoms with van der Waals surface area (Å²) in [5, 5.41) is 3.33. The zero-order valence-electron chi connectivity index (χ0n) is 9.13. The Balaban J connectivity index is 2.10. The summed E-state index contributed by atoms with van der Waals surface area (Å²) in [6.45, 7) is 2.70. The molecule has 16 heavy (non-hydrogen) atoms. The lowest BCUT2D eigenvalue weighted by Gasteiger charge is -2.23. The van der Waals surface area contributed by atoms with Crippen LogP contribution in [-0.4, -0.2) is 18.6 Å². The third-order valence-electron chi connectivity index (χ3n) is 2.59. The highest BCUT2D eigenvalue weighted by Crippen LogP contribution is 2.27. The Morgan fingerprint density at radius 3 is 3.00 bits per heavy atom. The van der Waals surface area contributed by atoms with E-state index in [4.69, 9.17) is 16.3 Å². The fourth-order valence-electron chi connectivity index (χ4n) is 1.71. The lowest BCUT2D eigenvalue weighted by molar-refractivity contribution is -0.129. The van der Waals surface area contributed by atoms with Crippen LogP contribution >= 0.6 is 11.6 Å². The number of carbonyl (C=O) groups excluding carboxylic acids is 1. The molecule has 0 saturated carbocycles. The minimum atomic E-state index is -0.408. The smallest absolute Gasteiger partial charge is 0.261 e. The van der Waals surface area contributed by atoms with E-state index in [0.717, 1.165) is 24.9 Å². The number of ether oxygens (including phenoxy) is 1. The molecule has 2 rings (SSSR count). The van der Waals surface area contributed by atoms with Crippen molar-refractivity contribution in [3.05, 3.63) is 28.8 Å². The second kappa shape index (κ2) is 4.74. The van der Waals surface area contributed by atoms with E-state index in [2.05, 4.69) is 5.32 Å². The van der Waals surface area contributed by atoms with E-state index in [1.54, 1.807) is 6.07 Å². The van der Waals surface area contributed by atoms with Gasteiger partial charge in [-0.15, -0.1) is 0 Å². The van der Waals surface area contributed by atoms with Crippen molar-refractivity contribution in [2.45, 2.75) is 25.9 Å². The molecule has 1 fully saturated rings.